The molecule has 0 aromatic heterocycles. The highest BCUT2D eigenvalue weighted by Crippen LogP contribution is 2.39. The van der Waals surface area contributed by atoms with Crippen LogP contribution in [-0.2, 0) is 61.8 Å². The Balaban J connectivity index is 1.90. The molecule has 13 nitrogen and oxygen atoms in total. The third-order valence-electron chi connectivity index (χ3n) is 6.90. The smallest absolute Gasteiger partial charge is 0.303 e. The van der Waals surface area contributed by atoms with Gasteiger partial charge in [-0.3, -0.25) is 19.2 Å². The van der Waals surface area contributed by atoms with E-state index in [9.17, 15) is 23.6 Å². The topological polar surface area (TPSA) is 151 Å². The molecule has 3 aliphatic rings. The van der Waals surface area contributed by atoms with Crippen molar-refractivity contribution < 1.29 is 66.2 Å². The summed E-state index contributed by atoms with van der Waals surface area (Å²) in [7, 11) is 0. The quantitative estimate of drug-likeness (QED) is 0.152. The molecule has 0 aliphatic carbocycles. The van der Waals surface area contributed by atoms with Gasteiger partial charge in [0.1, 0.15) is 16.1 Å². The highest BCUT2D eigenvalue weighted by Gasteiger charge is 2.55. The van der Waals surface area contributed by atoms with Crippen molar-refractivity contribution in [3.8, 4) is 0 Å². The van der Waals surface area contributed by atoms with Crippen LogP contribution in [0.2, 0.25) is 0 Å². The number of hydrogen-bond acceptors (Lipinski definition) is 13. The van der Waals surface area contributed by atoms with E-state index < -0.39 is 110 Å². The SMILES string of the molecule is CC(=O)O[C@@H]1[C@@H](I)[C@H](O[C@@H]2[C@@H](Br)[C@H](O[C@@H]3[C@@H](I)[C@@H](F)O[C@H](C)[C@H]3OC(C)=O)O[C@H](C)[C@@H]2OC(C)=O)O[C@H](C)[C@H]1OC(C)=O. The minimum atomic E-state index is -1.71. The second-order valence-electron chi connectivity index (χ2n) is 10.4. The molecule has 0 bridgehead atoms. The van der Waals surface area contributed by atoms with Crippen LogP contribution < -0.4 is 0 Å². The Morgan fingerprint density at radius 3 is 1.44 bits per heavy atom. The average Bonchev–Trinajstić information content (AvgIpc) is 2.88. The van der Waals surface area contributed by atoms with Crippen LogP contribution in [0.25, 0.3) is 0 Å². The number of rotatable bonds is 8. The van der Waals surface area contributed by atoms with Gasteiger partial charge in [0.05, 0.1) is 27.1 Å². The van der Waals surface area contributed by atoms with Crippen molar-refractivity contribution in [3.05, 3.63) is 0 Å². The summed E-state index contributed by atoms with van der Waals surface area (Å²) in [4.78, 5) is 46.8. The van der Waals surface area contributed by atoms with Crippen molar-refractivity contribution in [2.24, 2.45) is 0 Å². The van der Waals surface area contributed by atoms with E-state index in [0.717, 1.165) is 0 Å². The van der Waals surface area contributed by atoms with Gasteiger partial charge in [-0.2, -0.15) is 0 Å². The molecule has 3 saturated heterocycles. The van der Waals surface area contributed by atoms with E-state index >= 15 is 0 Å². The number of alkyl halides is 4. The molecule has 17 heteroatoms. The largest absolute Gasteiger partial charge is 0.457 e. The molecule has 0 radical (unpaired) electrons. The molecule has 246 valence electrons. The summed E-state index contributed by atoms with van der Waals surface area (Å²) >= 11 is 7.40. The first-order valence-corrected chi connectivity index (χ1v) is 16.9. The van der Waals surface area contributed by atoms with Gasteiger partial charge in [0, 0.05) is 27.7 Å². The summed E-state index contributed by atoms with van der Waals surface area (Å²) in [6.45, 7) is 9.81. The molecule has 43 heavy (non-hydrogen) atoms. The van der Waals surface area contributed by atoms with E-state index in [1.807, 2.05) is 45.2 Å². The van der Waals surface area contributed by atoms with Crippen LogP contribution in [-0.4, -0.2) is 110 Å². The van der Waals surface area contributed by atoms with Crippen LogP contribution >= 0.6 is 61.1 Å². The third kappa shape index (κ3) is 9.31. The van der Waals surface area contributed by atoms with Gasteiger partial charge in [0.25, 0.3) is 0 Å². The minimum Gasteiger partial charge on any atom is -0.457 e. The van der Waals surface area contributed by atoms with E-state index in [-0.39, 0.29) is 0 Å². The first-order valence-electron chi connectivity index (χ1n) is 13.5. The van der Waals surface area contributed by atoms with Crippen LogP contribution in [0.4, 0.5) is 4.39 Å². The summed E-state index contributed by atoms with van der Waals surface area (Å²) in [6, 6.07) is 0. The lowest BCUT2D eigenvalue weighted by Gasteiger charge is -2.48. The number of carbonyl (C=O) groups is 4. The predicted octanol–water partition coefficient (Wildman–Crippen LogP) is 3.06. The molecule has 0 aromatic carbocycles. The van der Waals surface area contributed by atoms with Crippen LogP contribution in [0.15, 0.2) is 0 Å². The number of esters is 4. The van der Waals surface area contributed by atoms with Crippen molar-refractivity contribution in [1.82, 2.24) is 0 Å². The third-order valence-corrected chi connectivity index (χ3v) is 10.4. The van der Waals surface area contributed by atoms with Gasteiger partial charge >= 0.3 is 23.9 Å². The van der Waals surface area contributed by atoms with Crippen LogP contribution in [0.1, 0.15) is 48.5 Å². The molecule has 0 unspecified atom stereocenters. The van der Waals surface area contributed by atoms with E-state index in [1.54, 1.807) is 20.8 Å². The maximum Gasteiger partial charge on any atom is 0.303 e. The fraction of sp³-hybridized carbons (Fsp3) is 0.846. The van der Waals surface area contributed by atoms with Crippen LogP contribution in [0.5, 0.6) is 0 Å². The Hall–Kier alpha value is -0.450. The molecule has 15 atom stereocenters. The van der Waals surface area contributed by atoms with Crippen molar-refractivity contribution in [2.45, 2.75) is 135 Å². The Kier molecular flexibility index (Phi) is 13.7. The van der Waals surface area contributed by atoms with Gasteiger partial charge in [0.15, 0.2) is 37.0 Å². The number of hydrogen-bond donors (Lipinski definition) is 0. The zero-order valence-corrected chi connectivity index (χ0v) is 30.4. The highest BCUT2D eigenvalue weighted by atomic mass is 127. The zero-order valence-electron chi connectivity index (χ0n) is 24.5. The Labute approximate surface area is 284 Å². The Bertz CT molecular complexity index is 1030. The molecule has 0 aromatic rings. The molecular weight excluding hydrogens is 873 g/mol. The lowest BCUT2D eigenvalue weighted by atomic mass is 9.99. The van der Waals surface area contributed by atoms with Gasteiger partial charge in [-0.15, -0.1) is 0 Å². The first-order chi connectivity index (χ1) is 20.0. The van der Waals surface area contributed by atoms with Gasteiger partial charge in [-0.1, -0.05) is 61.1 Å². The number of ether oxygens (including phenoxy) is 9. The molecule has 0 spiro atoms. The standard InChI is InChI=1S/C26H36BrFI2O13/c1-8-19(39-12(5)32)22(16(29)24(28)35-8)43-25-15(27)21(18(9(2)36-25)38-11(4)31)42-26-17(30)23(41-14(7)34)20(10(3)37-26)40-13(6)33/h8-10,15-26H,1-7H3/t8-,9-,10-,15-,16-,17-,18+,19-,20-,21-,22-,23-,24+,25+,26+/m1/s1. The molecule has 0 amide bonds. The normalized spacial score (nSPS) is 43.3. The zero-order chi connectivity index (χ0) is 32.3. The first kappa shape index (κ1) is 37.0. The average molecular weight is 909 g/mol. The second-order valence-corrected chi connectivity index (χ2v) is 14.4. The summed E-state index contributed by atoms with van der Waals surface area (Å²) in [5.41, 5.74) is 0. The predicted molar refractivity (Wildman–Crippen MR) is 164 cm³/mol. The van der Waals surface area contributed by atoms with Crippen molar-refractivity contribution in [1.29, 1.82) is 0 Å². The highest BCUT2D eigenvalue weighted by molar-refractivity contribution is 14.1. The molecule has 0 N–H and O–H groups in total. The van der Waals surface area contributed by atoms with Crippen molar-refractivity contribution >= 4 is 85.0 Å². The molecule has 3 rings (SSSR count). The number of halogens is 4. The second kappa shape index (κ2) is 15.9. The summed E-state index contributed by atoms with van der Waals surface area (Å²) < 4.78 is 65.3. The van der Waals surface area contributed by atoms with Crippen LogP contribution in [0, 0.1) is 0 Å². The molecule has 3 heterocycles. The van der Waals surface area contributed by atoms with E-state index in [0.29, 0.717) is 0 Å². The maximum atomic E-state index is 14.8. The summed E-state index contributed by atoms with van der Waals surface area (Å²) in [5, 5.41) is 0. The van der Waals surface area contributed by atoms with Crippen molar-refractivity contribution in [3.63, 3.8) is 0 Å². The van der Waals surface area contributed by atoms with Gasteiger partial charge in [-0.25, -0.2) is 4.39 Å². The van der Waals surface area contributed by atoms with E-state index in [4.69, 9.17) is 42.6 Å². The summed E-state index contributed by atoms with van der Waals surface area (Å²) in [5.74, 6) is -2.35. The monoisotopic (exact) mass is 908 g/mol. The molecular formula is C26H36BrFI2O13. The maximum absolute atomic E-state index is 14.8. The van der Waals surface area contributed by atoms with E-state index in [1.165, 1.54) is 27.7 Å². The lowest BCUT2D eigenvalue weighted by molar-refractivity contribution is -0.317. The molecule has 3 aliphatic heterocycles. The minimum absolute atomic E-state index is 0.576. The van der Waals surface area contributed by atoms with Gasteiger partial charge in [-0.05, 0) is 20.8 Å². The Morgan fingerprint density at radius 2 is 0.953 bits per heavy atom. The fourth-order valence-electron chi connectivity index (χ4n) is 5.11. The molecule has 0 saturated carbocycles. The van der Waals surface area contributed by atoms with Gasteiger partial charge < -0.3 is 42.6 Å². The number of carbonyl (C=O) groups excluding carboxylic acids is 4. The Morgan fingerprint density at radius 1 is 0.581 bits per heavy atom. The lowest BCUT2D eigenvalue weighted by Crippen LogP contribution is -2.64. The van der Waals surface area contributed by atoms with Crippen molar-refractivity contribution in [2.75, 3.05) is 0 Å². The molecule has 3 fully saturated rings. The summed E-state index contributed by atoms with van der Waals surface area (Å²) in [6.07, 6.45) is -11.8. The van der Waals surface area contributed by atoms with Crippen LogP contribution in [0.3, 0.4) is 0 Å². The van der Waals surface area contributed by atoms with Gasteiger partial charge in [0.2, 0.25) is 6.36 Å². The fourth-order valence-corrected chi connectivity index (χ4v) is 7.42. The van der Waals surface area contributed by atoms with E-state index in [2.05, 4.69) is 15.9 Å².